The minimum atomic E-state index is 0. The Morgan fingerprint density at radius 2 is 1.50 bits per heavy atom. The summed E-state index contributed by atoms with van der Waals surface area (Å²) >= 11 is 0. The van der Waals surface area contributed by atoms with Crippen LogP contribution in [0.4, 0.5) is 0 Å². The zero-order valence-corrected chi connectivity index (χ0v) is 20.1. The van der Waals surface area contributed by atoms with Crippen molar-refractivity contribution in [2.75, 3.05) is 0 Å². The van der Waals surface area contributed by atoms with Crippen molar-refractivity contribution in [1.82, 2.24) is 4.98 Å². The fourth-order valence-electron chi connectivity index (χ4n) is 3.01. The smallest absolute Gasteiger partial charge is 1.00 e. The van der Waals surface area contributed by atoms with Crippen LogP contribution in [0.25, 0.3) is 10.9 Å². The van der Waals surface area contributed by atoms with Gasteiger partial charge < -0.3 is 29.8 Å². The summed E-state index contributed by atoms with van der Waals surface area (Å²) in [6.45, 7) is 17.5. The molecule has 26 heavy (non-hydrogen) atoms. The first-order chi connectivity index (χ1) is 10.5. The molecule has 0 unspecified atom stereocenters. The second kappa shape index (κ2) is 10.2. The van der Waals surface area contributed by atoms with E-state index in [0.717, 1.165) is 0 Å². The van der Waals surface area contributed by atoms with Crippen LogP contribution in [0, 0.1) is 17.7 Å². The second-order valence-corrected chi connectivity index (χ2v) is 8.05. The number of allylic oxidation sites excluding steroid dienone is 4. The number of para-hydroxylation sites is 1. The largest absolute Gasteiger partial charge is 4.00 e. The third-order valence-corrected chi connectivity index (χ3v) is 4.83. The van der Waals surface area contributed by atoms with Gasteiger partial charge >= 0.3 is 21.7 Å². The number of hydrogen-bond donors (Lipinski definition) is 1. The first-order valence-electron chi connectivity index (χ1n) is 8.33. The number of rotatable bonds is 0. The van der Waals surface area contributed by atoms with E-state index < -0.39 is 0 Å². The summed E-state index contributed by atoms with van der Waals surface area (Å²) in [5.74, 6) is 0. The summed E-state index contributed by atoms with van der Waals surface area (Å²) in [6, 6.07) is 8.34. The molecule has 1 aliphatic rings. The molecule has 1 aliphatic carbocycles. The predicted octanol–water partition coefficient (Wildman–Crippen LogP) is 0.383. The molecule has 3 rings (SSSR count). The maximum absolute atomic E-state index is 3.44. The van der Waals surface area contributed by atoms with Crippen molar-refractivity contribution in [3.8, 4) is 0 Å². The Kier molecular flexibility index (Phi) is 10.9. The number of fused-ring (bicyclic) bond motifs is 1. The third kappa shape index (κ3) is 6.03. The summed E-state index contributed by atoms with van der Waals surface area (Å²) < 4.78 is 0. The van der Waals surface area contributed by atoms with E-state index in [1.165, 1.54) is 33.2 Å². The number of nitrogens with one attached hydrogen (secondary N) is 1. The van der Waals surface area contributed by atoms with E-state index in [2.05, 4.69) is 90.8 Å². The Balaban J connectivity index is 0. The molecule has 1 heterocycles. The Labute approximate surface area is 186 Å². The van der Waals surface area contributed by atoms with Crippen molar-refractivity contribution in [3.63, 3.8) is 0 Å². The summed E-state index contributed by atoms with van der Waals surface area (Å²) in [7, 11) is 0. The second-order valence-electron chi connectivity index (χ2n) is 8.05. The Morgan fingerprint density at radius 3 is 1.88 bits per heavy atom. The number of benzene rings is 1. The van der Waals surface area contributed by atoms with Gasteiger partial charge in [-0.2, -0.15) is 16.5 Å². The van der Waals surface area contributed by atoms with E-state index in [0.29, 0.717) is 0 Å². The molecule has 0 atom stereocenters. The van der Waals surface area contributed by atoms with Crippen LogP contribution in [0.1, 0.15) is 61.0 Å². The summed E-state index contributed by atoms with van der Waals surface area (Å²) in [5.41, 5.74) is 7.00. The van der Waals surface area contributed by atoms with Gasteiger partial charge in [-0.25, -0.2) is 5.57 Å². The summed E-state index contributed by atoms with van der Waals surface area (Å²) in [5, 5.41) is 1.29. The normalized spacial score (nSPS) is 15.2. The molecule has 4 heteroatoms. The first kappa shape index (κ1) is 27.8. The molecule has 1 N–H and O–H groups in total. The molecule has 0 fully saturated rings. The molecule has 0 aliphatic heterocycles. The molecule has 0 bridgehead atoms. The first-order valence-corrected chi connectivity index (χ1v) is 8.33. The maximum Gasteiger partial charge on any atom is 4.00 e. The van der Waals surface area contributed by atoms with Gasteiger partial charge in [0.25, 0.3) is 0 Å². The van der Waals surface area contributed by atoms with Crippen LogP contribution >= 0.6 is 0 Å². The van der Waals surface area contributed by atoms with Crippen LogP contribution in [-0.2, 0) is 27.1 Å². The van der Waals surface area contributed by atoms with Crippen molar-refractivity contribution in [2.45, 2.75) is 60.8 Å². The van der Waals surface area contributed by atoms with Gasteiger partial charge in [-0.3, -0.25) is 6.08 Å². The molecular formula is C22H29Cl2NTi. The van der Waals surface area contributed by atoms with Gasteiger partial charge in [0.1, 0.15) is 0 Å². The zero-order valence-electron chi connectivity index (χ0n) is 17.1. The van der Waals surface area contributed by atoms with Gasteiger partial charge in [0, 0.05) is 0 Å². The molecule has 2 aromatic rings. The summed E-state index contributed by atoms with van der Waals surface area (Å²) in [6.07, 6.45) is 6.66. The Morgan fingerprint density at radius 1 is 0.962 bits per heavy atom. The number of aromatic amines is 1. The number of halogens is 2. The SMILES string of the molecule is CC(C)(C)c1[c-][nH]c2ccccc12.CC1=[C-]C(C)(C)C(C)=C1C.[Cl-].[Cl-].[Ti+4]. The van der Waals surface area contributed by atoms with Gasteiger partial charge in [0.05, 0.1) is 0 Å². The van der Waals surface area contributed by atoms with Crippen LogP contribution < -0.4 is 24.8 Å². The van der Waals surface area contributed by atoms with E-state index in [1.54, 1.807) is 0 Å². The predicted molar refractivity (Wildman–Crippen MR) is 100 cm³/mol. The monoisotopic (exact) mass is 425 g/mol. The minimum absolute atomic E-state index is 0. The van der Waals surface area contributed by atoms with Crippen LogP contribution in [0.15, 0.2) is 41.0 Å². The fourth-order valence-corrected chi connectivity index (χ4v) is 3.01. The Hall–Kier alpha value is -0.466. The van der Waals surface area contributed by atoms with E-state index >= 15 is 0 Å². The molecule has 0 saturated carbocycles. The molecule has 1 aromatic heterocycles. The topological polar surface area (TPSA) is 15.8 Å². The van der Waals surface area contributed by atoms with Crippen molar-refractivity contribution >= 4 is 10.9 Å². The third-order valence-electron chi connectivity index (χ3n) is 4.83. The van der Waals surface area contributed by atoms with Crippen molar-refractivity contribution in [1.29, 1.82) is 0 Å². The van der Waals surface area contributed by atoms with E-state index in [9.17, 15) is 0 Å². The van der Waals surface area contributed by atoms with E-state index in [-0.39, 0.29) is 57.4 Å². The quantitative estimate of drug-likeness (QED) is 0.464. The molecular weight excluding hydrogens is 397 g/mol. The van der Waals surface area contributed by atoms with Gasteiger partial charge in [-0.15, -0.1) is 36.3 Å². The number of hydrogen-bond acceptors (Lipinski definition) is 0. The van der Waals surface area contributed by atoms with Gasteiger partial charge in [-0.05, 0) is 5.41 Å². The number of aromatic nitrogens is 1. The van der Waals surface area contributed by atoms with Crippen molar-refractivity contribution < 1.29 is 46.5 Å². The molecule has 0 spiro atoms. The molecule has 0 radical (unpaired) electrons. The van der Waals surface area contributed by atoms with E-state index in [1.807, 2.05) is 6.07 Å². The molecule has 140 valence electrons. The standard InChI is InChI=1S/C12H14N.C10H15.2ClH.Ti/c1-12(2,3)10-8-13-11-7-5-4-6-9(10)11;1-7-6-10(4,5)9(3)8(7)2;;;/h4-7,13H,1-3H3;1-5H3;2*1H;/q2*-1;;;+4/p-2. The van der Waals surface area contributed by atoms with Gasteiger partial charge in [0.2, 0.25) is 0 Å². The van der Waals surface area contributed by atoms with Gasteiger partial charge in [-0.1, -0.05) is 66.0 Å². The minimum Gasteiger partial charge on any atom is -1.00 e. The van der Waals surface area contributed by atoms with Crippen LogP contribution in [0.5, 0.6) is 0 Å². The summed E-state index contributed by atoms with van der Waals surface area (Å²) in [4.78, 5) is 3.17. The van der Waals surface area contributed by atoms with Crippen LogP contribution in [0.2, 0.25) is 0 Å². The molecule has 0 saturated heterocycles. The van der Waals surface area contributed by atoms with Crippen LogP contribution in [-0.4, -0.2) is 4.98 Å². The van der Waals surface area contributed by atoms with Crippen molar-refractivity contribution in [2.24, 2.45) is 5.41 Å². The molecule has 0 amide bonds. The van der Waals surface area contributed by atoms with Crippen molar-refractivity contribution in [3.05, 3.63) is 58.8 Å². The zero-order chi connectivity index (χ0) is 17.4. The average Bonchev–Trinajstić information content (AvgIpc) is 2.95. The average molecular weight is 426 g/mol. The Bertz CT molecular complexity index is 777. The fraction of sp³-hybridized carbons (Fsp3) is 0.455. The molecule has 1 nitrogen and oxygen atoms in total. The van der Waals surface area contributed by atoms with E-state index in [4.69, 9.17) is 0 Å². The number of H-pyrrole nitrogens is 1. The van der Waals surface area contributed by atoms with Crippen LogP contribution in [0.3, 0.4) is 0 Å². The maximum atomic E-state index is 3.44. The van der Waals surface area contributed by atoms with Gasteiger partial charge in [0.15, 0.2) is 0 Å². The molecule has 1 aromatic carbocycles.